The number of hydrogen-bond acceptors (Lipinski definition) is 16. The minimum absolute atomic E-state index is 0.0470. The molecule has 0 aliphatic heterocycles. The lowest BCUT2D eigenvalue weighted by molar-refractivity contribution is -0.109. The monoisotopic (exact) mass is 680 g/mol. The topological polar surface area (TPSA) is 210 Å². The highest BCUT2D eigenvalue weighted by atomic mass is 32.2. The predicted molar refractivity (Wildman–Crippen MR) is 147 cm³/mol. The van der Waals surface area contributed by atoms with Gasteiger partial charge in [0.1, 0.15) is 0 Å². The summed E-state index contributed by atoms with van der Waals surface area (Å²) in [6.45, 7) is 0.467. The summed E-state index contributed by atoms with van der Waals surface area (Å²) in [5, 5.41) is 0. The van der Waals surface area contributed by atoms with Gasteiger partial charge in [-0.15, -0.1) is 0 Å². The van der Waals surface area contributed by atoms with Crippen LogP contribution in [-0.2, 0) is 76.2 Å². The van der Waals surface area contributed by atoms with Gasteiger partial charge in [-0.3, -0.25) is 16.7 Å². The fourth-order valence-corrected chi connectivity index (χ4v) is 4.57. The SMILES string of the molecule is CS(=O)(=O)OCCCOCC(COCCCOS(C)(=O)=O)(COCCCOS(C)(=O)=O)COCCCOS(C)(=O)=O. The van der Waals surface area contributed by atoms with E-state index in [1.54, 1.807) is 0 Å². The van der Waals surface area contributed by atoms with Crippen molar-refractivity contribution in [2.45, 2.75) is 25.7 Å². The van der Waals surface area contributed by atoms with Crippen LogP contribution in [0.5, 0.6) is 0 Å². The third-order valence-electron chi connectivity index (χ3n) is 4.55. The molecule has 0 spiro atoms. The summed E-state index contributed by atoms with van der Waals surface area (Å²) < 4.78 is 131. The molecule has 0 aliphatic carbocycles. The van der Waals surface area contributed by atoms with Crippen LogP contribution in [-0.4, -0.2) is 138 Å². The van der Waals surface area contributed by atoms with E-state index < -0.39 is 45.9 Å². The molecule has 0 aromatic carbocycles. The summed E-state index contributed by atoms with van der Waals surface area (Å²) in [6, 6.07) is 0. The van der Waals surface area contributed by atoms with Gasteiger partial charge >= 0.3 is 0 Å². The highest BCUT2D eigenvalue weighted by Gasteiger charge is 2.32. The minimum Gasteiger partial charge on any atom is -0.381 e. The van der Waals surface area contributed by atoms with Crippen LogP contribution in [0, 0.1) is 5.41 Å². The smallest absolute Gasteiger partial charge is 0.264 e. The van der Waals surface area contributed by atoms with E-state index >= 15 is 0 Å². The molecule has 16 nitrogen and oxygen atoms in total. The van der Waals surface area contributed by atoms with E-state index in [1.807, 2.05) is 0 Å². The normalized spacial score (nSPS) is 13.6. The molecule has 41 heavy (non-hydrogen) atoms. The highest BCUT2D eigenvalue weighted by Crippen LogP contribution is 2.21. The highest BCUT2D eigenvalue weighted by molar-refractivity contribution is 7.86. The average Bonchev–Trinajstić information content (AvgIpc) is 2.80. The molecule has 0 unspecified atom stereocenters. The third kappa shape index (κ3) is 29.3. The van der Waals surface area contributed by atoms with Gasteiger partial charge in [0.2, 0.25) is 0 Å². The van der Waals surface area contributed by atoms with Crippen molar-refractivity contribution in [1.82, 2.24) is 0 Å². The van der Waals surface area contributed by atoms with Crippen LogP contribution in [0.1, 0.15) is 25.7 Å². The Balaban J connectivity index is 5.18. The minimum atomic E-state index is -3.59. The molecule has 0 bridgehead atoms. The second-order valence-corrected chi connectivity index (χ2v) is 15.8. The van der Waals surface area contributed by atoms with E-state index in [0.29, 0.717) is 0 Å². The molecule has 0 aliphatic rings. The van der Waals surface area contributed by atoms with Crippen LogP contribution in [0.2, 0.25) is 0 Å². The summed E-state index contributed by atoms with van der Waals surface area (Å²) in [4.78, 5) is 0. The van der Waals surface area contributed by atoms with E-state index in [-0.39, 0.29) is 105 Å². The van der Waals surface area contributed by atoms with Gasteiger partial charge in [0.25, 0.3) is 40.5 Å². The molecule has 0 heterocycles. The Morgan fingerprint density at radius 1 is 0.366 bits per heavy atom. The molecule has 0 rings (SSSR count). The first-order valence-corrected chi connectivity index (χ1v) is 19.8. The molecule has 20 heteroatoms. The maximum absolute atomic E-state index is 11.1. The molecule has 0 saturated heterocycles. The Hall–Kier alpha value is -0.520. The van der Waals surface area contributed by atoms with Crippen molar-refractivity contribution in [3.05, 3.63) is 0 Å². The average molecular weight is 681 g/mol. The van der Waals surface area contributed by atoms with Crippen molar-refractivity contribution in [3.8, 4) is 0 Å². The predicted octanol–water partition coefficient (Wildman–Crippen LogP) is -0.496. The summed E-state index contributed by atoms with van der Waals surface area (Å²) in [7, 11) is -14.3. The van der Waals surface area contributed by atoms with Crippen molar-refractivity contribution >= 4 is 40.5 Å². The van der Waals surface area contributed by atoms with Crippen molar-refractivity contribution in [2.24, 2.45) is 5.41 Å². The van der Waals surface area contributed by atoms with Crippen LogP contribution in [0.25, 0.3) is 0 Å². The van der Waals surface area contributed by atoms with Crippen molar-refractivity contribution in [3.63, 3.8) is 0 Å². The first kappa shape index (κ1) is 40.5. The molecule has 0 amide bonds. The summed E-state index contributed by atoms with van der Waals surface area (Å²) in [5.41, 5.74) is -0.898. The summed E-state index contributed by atoms with van der Waals surface area (Å²) in [5.74, 6) is 0. The zero-order valence-corrected chi connectivity index (χ0v) is 27.2. The Morgan fingerprint density at radius 3 is 0.732 bits per heavy atom. The fourth-order valence-electron chi connectivity index (χ4n) is 2.89. The molecule has 0 N–H and O–H groups in total. The van der Waals surface area contributed by atoms with Crippen LogP contribution >= 0.6 is 0 Å². The first-order valence-electron chi connectivity index (χ1n) is 12.5. The second kappa shape index (κ2) is 20.4. The van der Waals surface area contributed by atoms with Crippen LogP contribution in [0.4, 0.5) is 0 Å². The van der Waals surface area contributed by atoms with Gasteiger partial charge in [0.05, 0.1) is 83.3 Å². The van der Waals surface area contributed by atoms with Gasteiger partial charge in [-0.25, -0.2) is 0 Å². The van der Waals surface area contributed by atoms with Crippen LogP contribution < -0.4 is 0 Å². The van der Waals surface area contributed by atoms with Crippen molar-refractivity contribution in [2.75, 3.05) is 104 Å². The summed E-state index contributed by atoms with van der Waals surface area (Å²) in [6.07, 6.45) is 4.87. The zero-order chi connectivity index (χ0) is 31.5. The molecule has 0 aromatic rings. The number of hydrogen-bond donors (Lipinski definition) is 0. The molecule has 0 saturated carbocycles. The third-order valence-corrected chi connectivity index (χ3v) is 6.93. The lowest BCUT2D eigenvalue weighted by atomic mass is 9.92. The second-order valence-electron chi connectivity index (χ2n) is 9.23. The van der Waals surface area contributed by atoms with E-state index in [9.17, 15) is 33.7 Å². The fraction of sp³-hybridized carbons (Fsp3) is 1.00. The van der Waals surface area contributed by atoms with Gasteiger partial charge < -0.3 is 18.9 Å². The molecule has 0 fully saturated rings. The van der Waals surface area contributed by atoms with Crippen LogP contribution in [0.15, 0.2) is 0 Å². The summed E-state index contributed by atoms with van der Waals surface area (Å²) >= 11 is 0. The Labute approximate surface area is 244 Å². The Morgan fingerprint density at radius 2 is 0.561 bits per heavy atom. The molecule has 0 radical (unpaired) electrons. The maximum atomic E-state index is 11.1. The quantitative estimate of drug-likeness (QED) is 0.0753. The van der Waals surface area contributed by atoms with E-state index in [0.717, 1.165) is 25.0 Å². The Bertz CT molecular complexity index is 936. The van der Waals surface area contributed by atoms with Gasteiger partial charge in [0, 0.05) is 26.4 Å². The van der Waals surface area contributed by atoms with Gasteiger partial charge in [0.15, 0.2) is 0 Å². The zero-order valence-electron chi connectivity index (χ0n) is 24.0. The maximum Gasteiger partial charge on any atom is 0.264 e. The van der Waals surface area contributed by atoms with Gasteiger partial charge in [-0.05, 0) is 25.7 Å². The largest absolute Gasteiger partial charge is 0.381 e. The lowest BCUT2D eigenvalue weighted by Crippen LogP contribution is -2.42. The number of ether oxygens (including phenoxy) is 4. The molecule has 0 atom stereocenters. The molecule has 0 aromatic heterocycles. The lowest BCUT2D eigenvalue weighted by Gasteiger charge is -2.33. The van der Waals surface area contributed by atoms with E-state index in [4.69, 9.17) is 35.7 Å². The van der Waals surface area contributed by atoms with E-state index in [1.165, 1.54) is 0 Å². The van der Waals surface area contributed by atoms with Crippen molar-refractivity contribution in [1.29, 1.82) is 0 Å². The molecule has 248 valence electrons. The van der Waals surface area contributed by atoms with Crippen molar-refractivity contribution < 1.29 is 69.4 Å². The molecular formula is C21H44O16S4. The first-order chi connectivity index (χ1) is 18.8. The standard InChI is InChI=1S/C21H44O16S4/c1-38(22,23)34-13-5-9-30-17-21(18-31-10-6-14-35-39(2,24)25,19-32-11-7-15-36-40(3,26)27)20-33-12-8-16-37-41(4,28)29/h5-20H2,1-4H3. The number of rotatable bonds is 28. The molecular weight excluding hydrogens is 636 g/mol. The van der Waals surface area contributed by atoms with E-state index in [2.05, 4.69) is 0 Å². The van der Waals surface area contributed by atoms with Crippen LogP contribution in [0.3, 0.4) is 0 Å². The van der Waals surface area contributed by atoms with Gasteiger partial charge in [-0.1, -0.05) is 0 Å². The van der Waals surface area contributed by atoms with Gasteiger partial charge in [-0.2, -0.15) is 33.7 Å². The Kier molecular flexibility index (Phi) is 20.2.